The van der Waals surface area contributed by atoms with E-state index >= 15 is 0 Å². The van der Waals surface area contributed by atoms with Gasteiger partial charge in [0.25, 0.3) is 11.9 Å². The van der Waals surface area contributed by atoms with Crippen molar-refractivity contribution in [2.24, 2.45) is 0 Å². The lowest BCUT2D eigenvalue weighted by atomic mass is 9.98. The fraction of sp³-hybridized carbons (Fsp3) is 0.450. The molecule has 0 saturated carbocycles. The highest BCUT2D eigenvalue weighted by Gasteiger charge is 2.41. The largest absolute Gasteiger partial charge is 0.462 e. The summed E-state index contributed by atoms with van der Waals surface area (Å²) in [5.74, 6) is -1.28. The highest BCUT2D eigenvalue weighted by molar-refractivity contribution is 6.30. The molecule has 1 N–H and O–H groups in total. The van der Waals surface area contributed by atoms with Crippen LogP contribution in [0.25, 0.3) is 0 Å². The minimum atomic E-state index is -0.563. The Hall–Kier alpha value is -2.38. The Morgan fingerprint density at radius 3 is 2.54 bits per heavy atom. The number of halogens is 1. The SMILES string of the molecule is CC(C)Oc1nc2c(n1Cc1ccc(Cl)cc1)C(=O)N(CCCO)C(=O)C2C. The van der Waals surface area contributed by atoms with Crippen molar-refractivity contribution in [1.29, 1.82) is 0 Å². The van der Waals surface area contributed by atoms with Gasteiger partial charge in [-0.1, -0.05) is 23.7 Å². The van der Waals surface area contributed by atoms with Crippen LogP contribution in [0.4, 0.5) is 0 Å². The zero-order chi connectivity index (χ0) is 20.4. The van der Waals surface area contributed by atoms with Crippen LogP contribution in [-0.2, 0) is 11.3 Å². The molecule has 0 bridgehead atoms. The standard InChI is InChI=1S/C20H24ClN3O4/c1-12(2)28-20-22-16-13(3)18(26)23(9-4-10-25)19(27)17(16)24(20)11-14-5-7-15(21)8-6-14/h5-8,12-13,25H,4,9-11H2,1-3H3. The van der Waals surface area contributed by atoms with Gasteiger partial charge in [-0.15, -0.1) is 0 Å². The van der Waals surface area contributed by atoms with E-state index in [2.05, 4.69) is 4.98 Å². The molecule has 2 amide bonds. The number of ether oxygens (including phenoxy) is 1. The van der Waals surface area contributed by atoms with E-state index in [1.807, 2.05) is 26.0 Å². The van der Waals surface area contributed by atoms with Crippen LogP contribution in [-0.4, -0.2) is 50.6 Å². The molecule has 0 aliphatic carbocycles. The zero-order valence-corrected chi connectivity index (χ0v) is 16.9. The van der Waals surface area contributed by atoms with Gasteiger partial charge in [-0.3, -0.25) is 19.1 Å². The number of imide groups is 1. The molecule has 0 fully saturated rings. The molecule has 28 heavy (non-hydrogen) atoms. The van der Waals surface area contributed by atoms with Crippen molar-refractivity contribution in [3.63, 3.8) is 0 Å². The number of nitrogens with zero attached hydrogens (tertiary/aromatic N) is 3. The Morgan fingerprint density at radius 2 is 1.93 bits per heavy atom. The molecule has 0 radical (unpaired) electrons. The molecule has 1 aromatic carbocycles. The number of hydrogen-bond acceptors (Lipinski definition) is 5. The molecule has 150 valence electrons. The summed E-state index contributed by atoms with van der Waals surface area (Å²) in [7, 11) is 0. The van der Waals surface area contributed by atoms with E-state index in [1.54, 1.807) is 23.6 Å². The fourth-order valence-corrected chi connectivity index (χ4v) is 3.34. The third-order valence-corrected chi connectivity index (χ3v) is 4.84. The summed E-state index contributed by atoms with van der Waals surface area (Å²) in [6, 6.07) is 7.63. The minimum Gasteiger partial charge on any atom is -0.462 e. The first kappa shape index (κ1) is 20.4. The molecule has 1 aliphatic heterocycles. The molecule has 8 heteroatoms. The Morgan fingerprint density at radius 1 is 1.25 bits per heavy atom. The average Bonchev–Trinajstić information content (AvgIpc) is 2.99. The average molecular weight is 406 g/mol. The van der Waals surface area contributed by atoms with E-state index in [9.17, 15) is 9.59 Å². The summed E-state index contributed by atoms with van der Waals surface area (Å²) in [5, 5.41) is 9.73. The van der Waals surface area contributed by atoms with E-state index < -0.39 is 11.8 Å². The summed E-state index contributed by atoms with van der Waals surface area (Å²) in [6.45, 7) is 5.93. The first-order valence-corrected chi connectivity index (χ1v) is 9.69. The Bertz CT molecular complexity index is 876. The van der Waals surface area contributed by atoms with Gasteiger partial charge >= 0.3 is 0 Å². The number of rotatable bonds is 7. The zero-order valence-electron chi connectivity index (χ0n) is 16.2. The fourth-order valence-electron chi connectivity index (χ4n) is 3.22. The topological polar surface area (TPSA) is 84.7 Å². The number of fused-ring (bicyclic) bond motifs is 1. The van der Waals surface area contributed by atoms with Crippen LogP contribution in [0.2, 0.25) is 5.02 Å². The quantitative estimate of drug-likeness (QED) is 0.716. The van der Waals surface area contributed by atoms with Gasteiger partial charge in [0, 0.05) is 18.2 Å². The van der Waals surface area contributed by atoms with Gasteiger partial charge in [0.2, 0.25) is 5.91 Å². The van der Waals surface area contributed by atoms with Crippen LogP contribution in [0.15, 0.2) is 24.3 Å². The van der Waals surface area contributed by atoms with Gasteiger partial charge in [0.05, 0.1) is 24.3 Å². The number of aromatic nitrogens is 2. The van der Waals surface area contributed by atoms with Crippen molar-refractivity contribution in [2.45, 2.75) is 45.8 Å². The Kier molecular flexibility index (Phi) is 6.05. The number of imidazole rings is 1. The maximum absolute atomic E-state index is 13.1. The molecule has 1 aromatic heterocycles. The number of aliphatic hydroxyl groups is 1. The van der Waals surface area contributed by atoms with E-state index in [0.717, 1.165) is 5.56 Å². The molecule has 1 atom stereocenters. The molecule has 7 nitrogen and oxygen atoms in total. The van der Waals surface area contributed by atoms with E-state index in [-0.39, 0.29) is 25.2 Å². The monoisotopic (exact) mass is 405 g/mol. The molecular formula is C20H24ClN3O4. The van der Waals surface area contributed by atoms with E-state index in [1.165, 1.54) is 4.90 Å². The summed E-state index contributed by atoms with van der Waals surface area (Å²) in [4.78, 5) is 31.5. The second-order valence-electron chi connectivity index (χ2n) is 7.10. The van der Waals surface area contributed by atoms with Crippen LogP contribution in [0, 0.1) is 0 Å². The van der Waals surface area contributed by atoms with Gasteiger partial charge in [0.15, 0.2) is 0 Å². The van der Waals surface area contributed by atoms with Crippen molar-refractivity contribution in [1.82, 2.24) is 14.5 Å². The van der Waals surface area contributed by atoms with Crippen molar-refractivity contribution < 1.29 is 19.4 Å². The predicted octanol–water partition coefficient (Wildman–Crippen LogP) is 2.84. The van der Waals surface area contributed by atoms with Gasteiger partial charge in [-0.05, 0) is 44.9 Å². The van der Waals surface area contributed by atoms with Crippen molar-refractivity contribution >= 4 is 23.4 Å². The Labute approximate surface area is 168 Å². The first-order valence-electron chi connectivity index (χ1n) is 9.31. The molecule has 3 rings (SSSR count). The van der Waals surface area contributed by atoms with Crippen LogP contribution in [0.5, 0.6) is 6.01 Å². The number of carbonyl (C=O) groups is 2. The van der Waals surface area contributed by atoms with Crippen LogP contribution in [0.3, 0.4) is 0 Å². The maximum Gasteiger partial charge on any atom is 0.297 e. The van der Waals surface area contributed by atoms with Crippen molar-refractivity contribution in [3.05, 3.63) is 46.2 Å². The van der Waals surface area contributed by atoms with Gasteiger partial charge in [0.1, 0.15) is 5.69 Å². The number of benzene rings is 1. The molecule has 1 unspecified atom stereocenters. The maximum atomic E-state index is 13.1. The molecule has 2 aromatic rings. The summed E-state index contributed by atoms with van der Waals surface area (Å²) >= 11 is 5.97. The molecule has 1 aliphatic rings. The predicted molar refractivity (Wildman–Crippen MR) is 105 cm³/mol. The van der Waals surface area contributed by atoms with E-state index in [0.29, 0.717) is 35.4 Å². The van der Waals surface area contributed by atoms with Crippen LogP contribution < -0.4 is 4.74 Å². The van der Waals surface area contributed by atoms with Gasteiger partial charge in [-0.25, -0.2) is 0 Å². The molecular weight excluding hydrogens is 382 g/mol. The molecule has 0 saturated heterocycles. The third-order valence-electron chi connectivity index (χ3n) is 4.59. The second-order valence-corrected chi connectivity index (χ2v) is 7.54. The molecule has 0 spiro atoms. The van der Waals surface area contributed by atoms with Crippen LogP contribution in [0.1, 0.15) is 54.9 Å². The second kappa shape index (κ2) is 8.32. The van der Waals surface area contributed by atoms with Crippen molar-refractivity contribution in [3.8, 4) is 6.01 Å². The Balaban J connectivity index is 2.07. The normalized spacial score (nSPS) is 16.6. The smallest absolute Gasteiger partial charge is 0.297 e. The number of hydrogen-bond donors (Lipinski definition) is 1. The van der Waals surface area contributed by atoms with Gasteiger partial charge < -0.3 is 9.84 Å². The highest BCUT2D eigenvalue weighted by Crippen LogP contribution is 2.33. The molecule has 2 heterocycles. The lowest BCUT2D eigenvalue weighted by Crippen LogP contribution is -2.45. The lowest BCUT2D eigenvalue weighted by molar-refractivity contribution is -0.130. The number of amides is 2. The first-order chi connectivity index (χ1) is 13.3. The summed E-state index contributed by atoms with van der Waals surface area (Å²) in [5.41, 5.74) is 1.72. The number of carbonyl (C=O) groups excluding carboxylic acids is 2. The van der Waals surface area contributed by atoms with E-state index in [4.69, 9.17) is 21.4 Å². The number of aliphatic hydroxyl groups excluding tert-OH is 1. The highest BCUT2D eigenvalue weighted by atomic mass is 35.5. The summed E-state index contributed by atoms with van der Waals surface area (Å²) < 4.78 is 7.56. The lowest BCUT2D eigenvalue weighted by Gasteiger charge is -2.29. The van der Waals surface area contributed by atoms with Gasteiger partial charge in [-0.2, -0.15) is 4.98 Å². The van der Waals surface area contributed by atoms with Crippen LogP contribution >= 0.6 is 11.6 Å². The minimum absolute atomic E-state index is 0.0932. The third kappa shape index (κ3) is 3.91. The summed E-state index contributed by atoms with van der Waals surface area (Å²) in [6.07, 6.45) is 0.194. The van der Waals surface area contributed by atoms with Crippen molar-refractivity contribution in [2.75, 3.05) is 13.2 Å².